The third kappa shape index (κ3) is 7.19. The van der Waals surface area contributed by atoms with Crippen LogP contribution in [0.1, 0.15) is 31.4 Å². The highest BCUT2D eigenvalue weighted by molar-refractivity contribution is 7.96. The normalized spacial score (nSPS) is 11.5. The molecule has 0 saturated heterocycles. The molecule has 0 atom stereocenters. The quantitative estimate of drug-likeness (QED) is 0.212. The zero-order valence-electron chi connectivity index (χ0n) is 18.3. The number of likely N-dealkylation sites (N-methyl/N-ethyl adjacent to an activating group) is 1. The zero-order valence-corrected chi connectivity index (χ0v) is 21.4. The van der Waals surface area contributed by atoms with Gasteiger partial charge in [-0.2, -0.15) is 0 Å². The first-order chi connectivity index (χ1) is 14.7. The molecule has 0 fully saturated rings. The first kappa shape index (κ1) is 26.1. The van der Waals surface area contributed by atoms with Crippen LogP contribution in [0.25, 0.3) is 0 Å². The van der Waals surface area contributed by atoms with Gasteiger partial charge in [-0.05, 0) is 48.1 Å². The second kappa shape index (κ2) is 12.2. The number of Topliss-reactive ketones (excluding diaryl/α,β-unsaturated/α-hetero) is 1. The molecule has 1 N–H and O–H groups in total. The van der Waals surface area contributed by atoms with Crippen LogP contribution >= 0.6 is 46.8 Å². The molecule has 2 aromatic carbocycles. The number of rotatable bonds is 12. The van der Waals surface area contributed by atoms with Gasteiger partial charge >= 0.3 is 0 Å². The lowest BCUT2D eigenvalue weighted by molar-refractivity contribution is -0.116. The lowest BCUT2D eigenvalue weighted by Gasteiger charge is -2.28. The summed E-state index contributed by atoms with van der Waals surface area (Å²) in [7, 11) is 1.92. The van der Waals surface area contributed by atoms with Gasteiger partial charge in [0.15, 0.2) is 11.5 Å². The van der Waals surface area contributed by atoms with Crippen LogP contribution in [0.5, 0.6) is 5.75 Å². The smallest absolute Gasteiger partial charge is 0.166 e. The van der Waals surface area contributed by atoms with E-state index >= 15 is 0 Å². The molecule has 0 aliphatic heterocycles. The molecule has 0 aromatic heterocycles. The van der Waals surface area contributed by atoms with Gasteiger partial charge in [-0.3, -0.25) is 9.52 Å². The number of halogens is 3. The Balaban J connectivity index is 2.17. The van der Waals surface area contributed by atoms with E-state index in [2.05, 4.69) is 30.7 Å². The van der Waals surface area contributed by atoms with E-state index in [0.717, 1.165) is 23.2 Å². The van der Waals surface area contributed by atoms with Gasteiger partial charge in [0.05, 0.1) is 29.7 Å². The van der Waals surface area contributed by atoms with Crippen LogP contribution in [-0.2, 0) is 10.2 Å². The first-order valence-corrected chi connectivity index (χ1v) is 12.5. The number of hydrogen-bond acceptors (Lipinski definition) is 5. The van der Waals surface area contributed by atoms with E-state index in [1.165, 1.54) is 11.9 Å². The van der Waals surface area contributed by atoms with E-state index in [1.807, 2.05) is 42.5 Å². The number of anilines is 1. The Kier molecular flexibility index (Phi) is 10.3. The minimum absolute atomic E-state index is 0.138. The summed E-state index contributed by atoms with van der Waals surface area (Å²) in [4.78, 5) is 14.0. The average Bonchev–Trinajstić information content (AvgIpc) is 2.74. The van der Waals surface area contributed by atoms with Crippen molar-refractivity contribution in [3.05, 3.63) is 57.6 Å². The fourth-order valence-electron chi connectivity index (χ4n) is 3.15. The van der Waals surface area contributed by atoms with Crippen molar-refractivity contribution in [3.8, 4) is 5.75 Å². The van der Waals surface area contributed by atoms with Gasteiger partial charge in [-0.25, -0.2) is 0 Å². The largest absolute Gasteiger partial charge is 0.490 e. The Labute approximate surface area is 204 Å². The first-order valence-electron chi connectivity index (χ1n) is 9.98. The summed E-state index contributed by atoms with van der Waals surface area (Å²) < 4.78 is 8.68. The predicted octanol–water partition coefficient (Wildman–Crippen LogP) is 6.20. The van der Waals surface area contributed by atoms with E-state index < -0.39 is 0 Å². The topological polar surface area (TPSA) is 41.6 Å². The Morgan fingerprint density at radius 3 is 2.29 bits per heavy atom. The van der Waals surface area contributed by atoms with Crippen molar-refractivity contribution in [1.82, 2.24) is 4.72 Å². The molecule has 0 saturated carbocycles. The summed E-state index contributed by atoms with van der Waals surface area (Å²) in [5.41, 5.74) is 2.77. The second-order valence-electron chi connectivity index (χ2n) is 7.75. The maximum atomic E-state index is 12.0. The maximum absolute atomic E-state index is 12.0. The highest BCUT2D eigenvalue weighted by Crippen LogP contribution is 2.40. The molecule has 4 nitrogen and oxygen atoms in total. The lowest BCUT2D eigenvalue weighted by atomic mass is 9.78. The number of nitrogens with one attached hydrogen (secondary N) is 1. The van der Waals surface area contributed by atoms with Gasteiger partial charge in [0.1, 0.15) is 0 Å². The van der Waals surface area contributed by atoms with Gasteiger partial charge in [0.25, 0.3) is 0 Å². The van der Waals surface area contributed by atoms with Crippen molar-refractivity contribution in [3.63, 3.8) is 0 Å². The van der Waals surface area contributed by atoms with E-state index in [0.29, 0.717) is 41.4 Å². The summed E-state index contributed by atoms with van der Waals surface area (Å²) in [6.45, 7) is 5.42. The number of carbonyl (C=O) groups excluding carboxylic acids is 1. The fraction of sp³-hybridized carbons (Fsp3) is 0.435. The summed E-state index contributed by atoms with van der Waals surface area (Å²) in [6.07, 6.45) is 2.63. The van der Waals surface area contributed by atoms with Crippen molar-refractivity contribution < 1.29 is 9.53 Å². The molecule has 0 aliphatic carbocycles. The van der Waals surface area contributed by atoms with Gasteiger partial charge in [-0.1, -0.05) is 61.1 Å². The minimum atomic E-state index is -0.322. The molecule has 0 spiro atoms. The summed E-state index contributed by atoms with van der Waals surface area (Å²) in [6, 6.07) is 12.0. The molecular weight excluding hydrogens is 475 g/mol. The van der Waals surface area contributed by atoms with E-state index in [-0.39, 0.29) is 11.2 Å². The minimum Gasteiger partial charge on any atom is -0.490 e. The summed E-state index contributed by atoms with van der Waals surface area (Å²) >= 11 is 20.1. The molecule has 0 radical (unpaired) electrons. The van der Waals surface area contributed by atoms with Crippen molar-refractivity contribution in [2.45, 2.75) is 25.7 Å². The Morgan fingerprint density at radius 1 is 1.13 bits per heavy atom. The summed E-state index contributed by atoms with van der Waals surface area (Å²) in [5.74, 6) is 1.15. The van der Waals surface area contributed by atoms with Gasteiger partial charge in [0.2, 0.25) is 0 Å². The van der Waals surface area contributed by atoms with Crippen molar-refractivity contribution in [2.75, 3.05) is 43.8 Å². The maximum Gasteiger partial charge on any atom is 0.166 e. The molecule has 0 heterocycles. The Morgan fingerprint density at radius 2 is 1.74 bits per heavy atom. The van der Waals surface area contributed by atoms with Crippen molar-refractivity contribution in [2.24, 2.45) is 0 Å². The molecule has 31 heavy (non-hydrogen) atoms. The SMILES string of the molecule is CSNCC(=O)CN(C)c1ccc(C(C)(C)c2cc(Cl)c(OCCCCl)c(Cl)c2)cc1. The molecule has 8 heteroatoms. The number of ketones is 1. The third-order valence-electron chi connectivity index (χ3n) is 5.10. The Bertz CT molecular complexity index is 853. The van der Waals surface area contributed by atoms with Gasteiger partial charge in [0, 0.05) is 24.0 Å². The average molecular weight is 504 g/mol. The van der Waals surface area contributed by atoms with Crippen molar-refractivity contribution >= 4 is 58.2 Å². The van der Waals surface area contributed by atoms with Crippen LogP contribution in [-0.4, -0.2) is 44.7 Å². The number of ether oxygens (including phenoxy) is 1. The predicted molar refractivity (Wildman–Crippen MR) is 136 cm³/mol. The number of benzene rings is 2. The summed E-state index contributed by atoms with van der Waals surface area (Å²) in [5, 5.41) is 0.970. The van der Waals surface area contributed by atoms with E-state index in [4.69, 9.17) is 39.5 Å². The monoisotopic (exact) mass is 502 g/mol. The lowest BCUT2D eigenvalue weighted by Crippen LogP contribution is -2.30. The molecule has 0 aliphatic rings. The van der Waals surface area contributed by atoms with Crippen LogP contribution in [0.3, 0.4) is 0 Å². The van der Waals surface area contributed by atoms with E-state index in [1.54, 1.807) is 0 Å². The van der Waals surface area contributed by atoms with Crippen LogP contribution < -0.4 is 14.4 Å². The van der Waals surface area contributed by atoms with Crippen LogP contribution in [0.2, 0.25) is 10.0 Å². The zero-order chi connectivity index (χ0) is 23.0. The standard InChI is InChI=1S/C23H29Cl3N2O2S/c1-23(2,17-12-20(25)22(21(26)13-17)30-11-5-10-24)16-6-8-18(9-7-16)28(3)15-19(29)14-27-31-4/h6-9,12-13,27H,5,10-11,14-15H2,1-4H3. The van der Waals surface area contributed by atoms with Crippen LogP contribution in [0, 0.1) is 0 Å². The molecular formula is C23H29Cl3N2O2S. The molecule has 0 unspecified atom stereocenters. The molecule has 2 rings (SSSR count). The number of carbonyl (C=O) groups is 1. The number of nitrogens with zero attached hydrogens (tertiary/aromatic N) is 1. The second-order valence-corrected chi connectivity index (χ2v) is 9.64. The molecule has 0 amide bonds. The fourth-order valence-corrected chi connectivity index (χ4v) is 4.16. The van der Waals surface area contributed by atoms with Crippen molar-refractivity contribution in [1.29, 1.82) is 0 Å². The van der Waals surface area contributed by atoms with Gasteiger partial charge < -0.3 is 9.64 Å². The third-order valence-corrected chi connectivity index (χ3v) is 6.36. The van der Waals surface area contributed by atoms with E-state index in [9.17, 15) is 4.79 Å². The molecule has 2 aromatic rings. The Hall–Kier alpha value is -1.11. The van der Waals surface area contributed by atoms with Gasteiger partial charge in [-0.15, -0.1) is 11.6 Å². The molecule has 0 bridgehead atoms. The number of hydrogen-bond donors (Lipinski definition) is 1. The highest BCUT2D eigenvalue weighted by Gasteiger charge is 2.26. The highest BCUT2D eigenvalue weighted by atomic mass is 35.5. The number of alkyl halides is 1. The molecule has 170 valence electrons. The van der Waals surface area contributed by atoms with Crippen LogP contribution in [0.15, 0.2) is 36.4 Å². The van der Waals surface area contributed by atoms with Crippen LogP contribution in [0.4, 0.5) is 5.69 Å².